The van der Waals surface area contributed by atoms with Crippen LogP contribution in [-0.4, -0.2) is 50.9 Å². The van der Waals surface area contributed by atoms with E-state index in [1.54, 1.807) is 42.5 Å². The average molecular weight is 580 g/mol. The van der Waals surface area contributed by atoms with Crippen LogP contribution in [0.25, 0.3) is 0 Å². The number of aryl methyl sites for hydroxylation is 1. The van der Waals surface area contributed by atoms with E-state index in [-0.39, 0.29) is 17.3 Å². The number of amides is 2. The van der Waals surface area contributed by atoms with Crippen LogP contribution in [-0.2, 0) is 26.2 Å². The topological polar surface area (TPSA) is 96.0 Å². The molecule has 2 amide bonds. The molecular weight excluding hydrogens is 538 g/mol. The first-order valence-corrected chi connectivity index (χ1v) is 15.6. The molecule has 1 N–H and O–H groups in total. The van der Waals surface area contributed by atoms with Gasteiger partial charge in [-0.2, -0.15) is 0 Å². The van der Waals surface area contributed by atoms with Gasteiger partial charge in [-0.25, -0.2) is 8.42 Å². The minimum Gasteiger partial charge on any atom is -0.494 e. The number of sulfonamides is 1. The first kappa shape index (κ1) is 31.7. The van der Waals surface area contributed by atoms with Crippen molar-refractivity contribution in [1.29, 1.82) is 0 Å². The molecule has 0 spiro atoms. The third-order valence-electron chi connectivity index (χ3n) is 6.86. The molecule has 0 aliphatic heterocycles. The van der Waals surface area contributed by atoms with Crippen molar-refractivity contribution >= 4 is 27.5 Å². The second kappa shape index (κ2) is 15.2. The van der Waals surface area contributed by atoms with Crippen molar-refractivity contribution in [2.45, 2.75) is 64.4 Å². The van der Waals surface area contributed by atoms with Crippen LogP contribution in [0.3, 0.4) is 0 Å². The van der Waals surface area contributed by atoms with Gasteiger partial charge >= 0.3 is 0 Å². The lowest BCUT2D eigenvalue weighted by molar-refractivity contribution is -0.140. The number of rotatable bonds is 15. The number of nitrogens with one attached hydrogen (secondary N) is 1. The molecule has 1 atom stereocenters. The molecule has 0 bridgehead atoms. The number of para-hydroxylation sites is 1. The predicted octanol–water partition coefficient (Wildman–Crippen LogP) is 5.31. The Bertz CT molecular complexity index is 1380. The quantitative estimate of drug-likeness (QED) is 0.246. The molecule has 8 nitrogen and oxygen atoms in total. The summed E-state index contributed by atoms with van der Waals surface area (Å²) >= 11 is 0. The molecule has 0 saturated carbocycles. The van der Waals surface area contributed by atoms with Gasteiger partial charge in [-0.05, 0) is 74.2 Å². The van der Waals surface area contributed by atoms with Crippen LogP contribution in [0.1, 0.15) is 51.2 Å². The zero-order valence-corrected chi connectivity index (χ0v) is 25.2. The molecule has 220 valence electrons. The van der Waals surface area contributed by atoms with E-state index in [1.165, 1.54) is 17.0 Å². The molecular formula is C32H41N3O5S. The molecule has 0 saturated heterocycles. The summed E-state index contributed by atoms with van der Waals surface area (Å²) in [7, 11) is -4.14. The number of benzene rings is 3. The highest BCUT2D eigenvalue weighted by atomic mass is 32.2. The van der Waals surface area contributed by atoms with Gasteiger partial charge in [0.15, 0.2) is 0 Å². The molecule has 3 rings (SSSR count). The van der Waals surface area contributed by atoms with Gasteiger partial charge in [-0.15, -0.1) is 0 Å². The highest BCUT2D eigenvalue weighted by Crippen LogP contribution is 2.26. The van der Waals surface area contributed by atoms with E-state index in [4.69, 9.17) is 4.74 Å². The first-order valence-electron chi connectivity index (χ1n) is 14.1. The summed E-state index contributed by atoms with van der Waals surface area (Å²) in [6, 6.07) is 21.6. The van der Waals surface area contributed by atoms with Crippen LogP contribution < -0.4 is 14.4 Å². The van der Waals surface area contributed by atoms with Gasteiger partial charge in [-0.3, -0.25) is 13.9 Å². The number of hydrogen-bond acceptors (Lipinski definition) is 5. The monoisotopic (exact) mass is 579 g/mol. The van der Waals surface area contributed by atoms with Crippen LogP contribution in [0, 0.1) is 6.92 Å². The van der Waals surface area contributed by atoms with E-state index in [9.17, 15) is 18.0 Å². The number of hydrogen-bond donors (Lipinski definition) is 1. The van der Waals surface area contributed by atoms with Crippen molar-refractivity contribution in [3.8, 4) is 5.75 Å². The van der Waals surface area contributed by atoms with Crippen LogP contribution >= 0.6 is 0 Å². The molecule has 3 aromatic carbocycles. The minimum atomic E-state index is -4.14. The summed E-state index contributed by atoms with van der Waals surface area (Å²) in [4.78, 5) is 28.9. The van der Waals surface area contributed by atoms with E-state index in [1.807, 2.05) is 52.0 Å². The van der Waals surface area contributed by atoms with Crippen molar-refractivity contribution in [2.24, 2.45) is 0 Å². The Morgan fingerprint density at radius 2 is 1.56 bits per heavy atom. The maximum atomic E-state index is 14.1. The molecule has 0 aliphatic rings. The predicted molar refractivity (Wildman–Crippen MR) is 162 cm³/mol. The smallest absolute Gasteiger partial charge is 0.264 e. The van der Waals surface area contributed by atoms with Crippen molar-refractivity contribution in [2.75, 3.05) is 24.0 Å². The third kappa shape index (κ3) is 8.33. The van der Waals surface area contributed by atoms with Gasteiger partial charge in [0.25, 0.3) is 10.0 Å². The van der Waals surface area contributed by atoms with Gasteiger partial charge < -0.3 is 15.0 Å². The molecule has 0 heterocycles. The summed E-state index contributed by atoms with van der Waals surface area (Å²) in [5.74, 6) is -0.161. The van der Waals surface area contributed by atoms with Crippen LogP contribution in [0.2, 0.25) is 0 Å². The number of ether oxygens (including phenoxy) is 1. The van der Waals surface area contributed by atoms with E-state index in [0.29, 0.717) is 31.0 Å². The van der Waals surface area contributed by atoms with Crippen molar-refractivity contribution in [3.05, 3.63) is 90.0 Å². The van der Waals surface area contributed by atoms with Crippen molar-refractivity contribution < 1.29 is 22.7 Å². The zero-order valence-electron chi connectivity index (χ0n) is 24.4. The highest BCUT2D eigenvalue weighted by Gasteiger charge is 2.33. The standard InChI is InChI=1S/C32H41N3O5S/c1-5-8-22-33-32(37)30(6-2)34(23-26-15-13-12-14-25(26)4)31(36)24-35(27-16-10-9-11-17-27)41(38,39)29-20-18-28(19-21-29)40-7-3/h9-21,30H,5-8,22-24H2,1-4H3,(H,33,37). The lowest BCUT2D eigenvalue weighted by Crippen LogP contribution is -2.52. The number of carbonyl (C=O) groups excluding carboxylic acids is 2. The highest BCUT2D eigenvalue weighted by molar-refractivity contribution is 7.92. The van der Waals surface area contributed by atoms with Crippen molar-refractivity contribution in [3.63, 3.8) is 0 Å². The van der Waals surface area contributed by atoms with E-state index < -0.39 is 28.5 Å². The average Bonchev–Trinajstić information content (AvgIpc) is 2.97. The summed E-state index contributed by atoms with van der Waals surface area (Å²) < 4.78 is 34.5. The fourth-order valence-electron chi connectivity index (χ4n) is 4.52. The molecule has 3 aromatic rings. The fourth-order valence-corrected chi connectivity index (χ4v) is 5.94. The lowest BCUT2D eigenvalue weighted by atomic mass is 10.1. The number of carbonyl (C=O) groups is 2. The first-order chi connectivity index (χ1) is 19.7. The Balaban J connectivity index is 2.01. The third-order valence-corrected chi connectivity index (χ3v) is 8.65. The Hall–Kier alpha value is -3.85. The van der Waals surface area contributed by atoms with Gasteiger partial charge in [0.1, 0.15) is 18.3 Å². The second-order valence-electron chi connectivity index (χ2n) is 9.77. The zero-order chi connectivity index (χ0) is 29.8. The molecule has 1 unspecified atom stereocenters. The summed E-state index contributed by atoms with van der Waals surface area (Å²) in [5, 5.41) is 2.95. The SMILES string of the molecule is CCCCNC(=O)C(CC)N(Cc1ccccc1C)C(=O)CN(c1ccccc1)S(=O)(=O)c1ccc(OCC)cc1. The van der Waals surface area contributed by atoms with E-state index >= 15 is 0 Å². The van der Waals surface area contributed by atoms with E-state index in [0.717, 1.165) is 28.3 Å². The van der Waals surface area contributed by atoms with Crippen LogP contribution in [0.15, 0.2) is 83.8 Å². The lowest BCUT2D eigenvalue weighted by Gasteiger charge is -2.33. The second-order valence-corrected chi connectivity index (χ2v) is 11.6. The molecule has 0 fully saturated rings. The Labute approximate surface area is 244 Å². The summed E-state index contributed by atoms with van der Waals surface area (Å²) in [5.41, 5.74) is 2.22. The molecule has 0 radical (unpaired) electrons. The Morgan fingerprint density at radius 3 is 2.17 bits per heavy atom. The maximum absolute atomic E-state index is 14.1. The van der Waals surface area contributed by atoms with Gasteiger partial charge in [-0.1, -0.05) is 62.7 Å². The normalized spacial score (nSPS) is 11.9. The van der Waals surface area contributed by atoms with Crippen molar-refractivity contribution in [1.82, 2.24) is 10.2 Å². The van der Waals surface area contributed by atoms with Gasteiger partial charge in [0, 0.05) is 13.1 Å². The number of anilines is 1. The number of nitrogens with zero attached hydrogens (tertiary/aromatic N) is 2. The molecule has 9 heteroatoms. The van der Waals surface area contributed by atoms with Crippen LogP contribution in [0.5, 0.6) is 5.75 Å². The summed E-state index contributed by atoms with van der Waals surface area (Å²) in [6.45, 7) is 8.38. The molecule has 0 aromatic heterocycles. The molecule has 41 heavy (non-hydrogen) atoms. The van der Waals surface area contributed by atoms with Gasteiger partial charge in [0.05, 0.1) is 17.2 Å². The Morgan fingerprint density at radius 1 is 0.902 bits per heavy atom. The summed E-state index contributed by atoms with van der Waals surface area (Å²) in [6.07, 6.45) is 2.14. The largest absolute Gasteiger partial charge is 0.494 e. The van der Waals surface area contributed by atoms with Crippen LogP contribution in [0.4, 0.5) is 5.69 Å². The Kier molecular flexibility index (Phi) is 11.8. The minimum absolute atomic E-state index is 0.0346. The maximum Gasteiger partial charge on any atom is 0.264 e. The van der Waals surface area contributed by atoms with Gasteiger partial charge in [0.2, 0.25) is 11.8 Å². The fraction of sp³-hybridized carbons (Fsp3) is 0.375. The number of unbranched alkanes of at least 4 members (excludes halogenated alkanes) is 1. The molecule has 0 aliphatic carbocycles. The van der Waals surface area contributed by atoms with E-state index in [2.05, 4.69) is 5.32 Å².